The Labute approximate surface area is 112 Å². The lowest BCUT2D eigenvalue weighted by Gasteiger charge is -2.30. The van der Waals surface area contributed by atoms with Crippen molar-refractivity contribution < 1.29 is 4.39 Å². The Balaban J connectivity index is 2.34. The maximum Gasteiger partial charge on any atom is 0.129 e. The van der Waals surface area contributed by atoms with Crippen LogP contribution >= 0.6 is 15.9 Å². The highest BCUT2D eigenvalue weighted by molar-refractivity contribution is 9.09. The molecule has 0 bridgehead atoms. The van der Waals surface area contributed by atoms with Gasteiger partial charge in [0.15, 0.2) is 0 Å². The SMILES string of the molecule is Cc1cc(C(Br)C2(C)CCCC2)cc(C)c1F. The highest BCUT2D eigenvalue weighted by atomic mass is 79.9. The van der Waals surface area contributed by atoms with E-state index >= 15 is 0 Å². The fourth-order valence-corrected chi connectivity index (χ4v) is 3.69. The van der Waals surface area contributed by atoms with Crippen LogP contribution in [-0.4, -0.2) is 0 Å². The van der Waals surface area contributed by atoms with Gasteiger partial charge in [-0.3, -0.25) is 0 Å². The molecule has 0 radical (unpaired) electrons. The fraction of sp³-hybridized carbons (Fsp3) is 0.600. The van der Waals surface area contributed by atoms with Gasteiger partial charge >= 0.3 is 0 Å². The summed E-state index contributed by atoms with van der Waals surface area (Å²) in [4.78, 5) is 0.343. The van der Waals surface area contributed by atoms with Crippen molar-refractivity contribution in [3.8, 4) is 0 Å². The molecule has 94 valence electrons. The second-order valence-corrected chi connectivity index (χ2v) is 6.61. The van der Waals surface area contributed by atoms with Crippen molar-refractivity contribution in [2.45, 2.75) is 51.3 Å². The first-order valence-electron chi connectivity index (χ1n) is 6.35. The molecule has 0 aliphatic heterocycles. The van der Waals surface area contributed by atoms with Gasteiger partial charge in [0.05, 0.1) is 0 Å². The minimum atomic E-state index is -0.0648. The van der Waals surface area contributed by atoms with Crippen LogP contribution in [0.3, 0.4) is 0 Å². The lowest BCUT2D eigenvalue weighted by atomic mass is 9.81. The molecule has 0 aromatic heterocycles. The van der Waals surface area contributed by atoms with E-state index in [2.05, 4.69) is 22.9 Å². The summed E-state index contributed by atoms with van der Waals surface area (Å²) >= 11 is 3.84. The third kappa shape index (κ3) is 2.42. The largest absolute Gasteiger partial charge is 0.206 e. The Morgan fingerprint density at radius 2 is 1.65 bits per heavy atom. The number of hydrogen-bond acceptors (Lipinski definition) is 0. The molecule has 1 atom stereocenters. The quantitative estimate of drug-likeness (QED) is 0.636. The van der Waals surface area contributed by atoms with Crippen LogP contribution in [0.2, 0.25) is 0 Å². The highest BCUT2D eigenvalue weighted by Gasteiger charge is 2.36. The van der Waals surface area contributed by atoms with E-state index in [1.807, 2.05) is 26.0 Å². The minimum Gasteiger partial charge on any atom is -0.206 e. The standard InChI is InChI=1S/C15H20BrF/c1-10-8-12(9-11(2)13(10)17)14(16)15(3)6-4-5-7-15/h8-9,14H,4-7H2,1-3H3. The molecule has 0 nitrogen and oxygen atoms in total. The van der Waals surface area contributed by atoms with Crippen LogP contribution in [0.1, 0.15) is 54.1 Å². The maximum absolute atomic E-state index is 13.6. The molecule has 1 aliphatic rings. The molecule has 17 heavy (non-hydrogen) atoms. The molecule has 1 aromatic carbocycles. The molecule has 0 saturated heterocycles. The Kier molecular flexibility index (Phi) is 3.63. The van der Waals surface area contributed by atoms with Gasteiger partial charge in [0.1, 0.15) is 5.82 Å². The number of alkyl halides is 1. The summed E-state index contributed by atoms with van der Waals surface area (Å²) in [6.07, 6.45) is 5.16. The maximum atomic E-state index is 13.6. The predicted molar refractivity (Wildman–Crippen MR) is 74.1 cm³/mol. The van der Waals surface area contributed by atoms with Gasteiger partial charge < -0.3 is 0 Å². The normalized spacial score (nSPS) is 20.5. The average molecular weight is 299 g/mol. The number of halogens is 2. The summed E-state index contributed by atoms with van der Waals surface area (Å²) in [5.74, 6) is -0.0648. The van der Waals surface area contributed by atoms with Crippen LogP contribution in [0.4, 0.5) is 4.39 Å². The predicted octanol–water partition coefficient (Wildman–Crippen LogP) is 5.46. The number of rotatable bonds is 2. The first-order valence-corrected chi connectivity index (χ1v) is 7.26. The van der Waals surface area contributed by atoms with Gasteiger partial charge in [-0.25, -0.2) is 4.39 Å². The summed E-state index contributed by atoms with van der Waals surface area (Å²) in [6, 6.07) is 3.98. The Morgan fingerprint density at radius 1 is 1.18 bits per heavy atom. The summed E-state index contributed by atoms with van der Waals surface area (Å²) in [7, 11) is 0. The van der Waals surface area contributed by atoms with E-state index in [1.165, 1.54) is 31.2 Å². The van der Waals surface area contributed by atoms with E-state index in [9.17, 15) is 4.39 Å². The van der Waals surface area contributed by atoms with Crippen LogP contribution < -0.4 is 0 Å². The molecule has 1 aromatic rings. The Bertz CT molecular complexity index is 396. The molecular weight excluding hydrogens is 279 g/mol. The van der Waals surface area contributed by atoms with Gasteiger partial charge in [0.25, 0.3) is 0 Å². The van der Waals surface area contributed by atoms with Gasteiger partial charge in [-0.05, 0) is 48.8 Å². The number of benzene rings is 1. The molecule has 1 unspecified atom stereocenters. The van der Waals surface area contributed by atoms with Gasteiger partial charge in [-0.2, -0.15) is 0 Å². The van der Waals surface area contributed by atoms with Crippen molar-refractivity contribution in [2.24, 2.45) is 5.41 Å². The first kappa shape index (κ1) is 13.1. The molecule has 0 amide bonds. The lowest BCUT2D eigenvalue weighted by Crippen LogP contribution is -2.18. The monoisotopic (exact) mass is 298 g/mol. The van der Waals surface area contributed by atoms with Crippen LogP contribution in [-0.2, 0) is 0 Å². The van der Waals surface area contributed by atoms with E-state index in [0.29, 0.717) is 10.2 Å². The Morgan fingerprint density at radius 3 is 2.12 bits per heavy atom. The number of hydrogen-bond donors (Lipinski definition) is 0. The molecular formula is C15H20BrF. The Hall–Kier alpha value is -0.370. The zero-order valence-electron chi connectivity index (χ0n) is 10.8. The molecule has 1 fully saturated rings. The zero-order valence-corrected chi connectivity index (χ0v) is 12.4. The van der Waals surface area contributed by atoms with Gasteiger partial charge in [-0.15, -0.1) is 0 Å². The topological polar surface area (TPSA) is 0 Å². The van der Waals surface area contributed by atoms with E-state index in [0.717, 1.165) is 11.1 Å². The zero-order chi connectivity index (χ0) is 12.6. The van der Waals surface area contributed by atoms with E-state index in [4.69, 9.17) is 0 Å². The highest BCUT2D eigenvalue weighted by Crippen LogP contribution is 2.51. The van der Waals surface area contributed by atoms with E-state index < -0.39 is 0 Å². The van der Waals surface area contributed by atoms with Crippen molar-refractivity contribution in [1.29, 1.82) is 0 Å². The second kappa shape index (κ2) is 4.72. The van der Waals surface area contributed by atoms with Gasteiger partial charge in [0.2, 0.25) is 0 Å². The third-order valence-corrected chi connectivity index (χ3v) is 5.74. The molecule has 1 saturated carbocycles. The summed E-state index contributed by atoms with van der Waals surface area (Å²) in [6.45, 7) is 6.04. The van der Waals surface area contributed by atoms with Crippen LogP contribution in [0, 0.1) is 25.1 Å². The van der Waals surface area contributed by atoms with Gasteiger partial charge in [-0.1, -0.05) is 47.8 Å². The molecule has 2 rings (SSSR count). The summed E-state index contributed by atoms with van der Waals surface area (Å²) in [5, 5.41) is 0. The van der Waals surface area contributed by atoms with E-state index in [-0.39, 0.29) is 5.82 Å². The lowest BCUT2D eigenvalue weighted by molar-refractivity contribution is 0.331. The van der Waals surface area contributed by atoms with Crippen LogP contribution in [0.5, 0.6) is 0 Å². The summed E-state index contributed by atoms with van der Waals surface area (Å²) < 4.78 is 13.6. The number of aryl methyl sites for hydroxylation is 2. The van der Waals surface area contributed by atoms with Crippen molar-refractivity contribution in [1.82, 2.24) is 0 Å². The fourth-order valence-electron chi connectivity index (χ4n) is 2.96. The van der Waals surface area contributed by atoms with Gasteiger partial charge in [0, 0.05) is 4.83 Å². The molecule has 2 heteroatoms. The minimum absolute atomic E-state index is 0.0648. The third-order valence-electron chi connectivity index (χ3n) is 4.11. The first-order chi connectivity index (χ1) is 7.94. The molecule has 0 spiro atoms. The second-order valence-electron chi connectivity index (χ2n) is 5.69. The summed E-state index contributed by atoms with van der Waals surface area (Å²) in [5.41, 5.74) is 3.07. The van der Waals surface area contributed by atoms with Crippen molar-refractivity contribution >= 4 is 15.9 Å². The van der Waals surface area contributed by atoms with Crippen LogP contribution in [0.15, 0.2) is 12.1 Å². The van der Waals surface area contributed by atoms with E-state index in [1.54, 1.807) is 0 Å². The smallest absolute Gasteiger partial charge is 0.129 e. The van der Waals surface area contributed by atoms with Crippen molar-refractivity contribution in [3.63, 3.8) is 0 Å². The molecule has 1 aliphatic carbocycles. The van der Waals surface area contributed by atoms with Crippen LogP contribution in [0.25, 0.3) is 0 Å². The average Bonchev–Trinajstić information content (AvgIpc) is 2.72. The van der Waals surface area contributed by atoms with Crippen molar-refractivity contribution in [3.05, 3.63) is 34.6 Å². The molecule has 0 heterocycles. The van der Waals surface area contributed by atoms with Crippen molar-refractivity contribution in [2.75, 3.05) is 0 Å². The molecule has 0 N–H and O–H groups in total.